The van der Waals surface area contributed by atoms with E-state index in [2.05, 4.69) is 25.1 Å². The van der Waals surface area contributed by atoms with Crippen LogP contribution in [0.2, 0.25) is 0 Å². The maximum atomic E-state index is 15.0. The number of hydrogen-bond donors (Lipinski definition) is 2. The minimum atomic E-state index is -0.377. The van der Waals surface area contributed by atoms with Crippen LogP contribution in [-0.4, -0.2) is 44.2 Å². The number of rotatable bonds is 4. The predicted octanol–water partition coefficient (Wildman–Crippen LogP) is 5.57. The van der Waals surface area contributed by atoms with Gasteiger partial charge in [-0.25, -0.2) is 13.8 Å². The Balaban J connectivity index is 1.50. The molecule has 2 aromatic carbocycles. The molecule has 0 atom stereocenters. The van der Waals surface area contributed by atoms with Gasteiger partial charge in [0.25, 0.3) is 0 Å². The standard InChI is InChI=1S/C26H19F2N7/c1-35(2)17-9-15(12-29-13-17)18-10-19-22(11-20(18)28)33-34-24(19)26-31-21-7-8-30-23(25(21)32-26)14-3-5-16(27)6-4-14/h3-13H,1-2H3,(H,31,32)(H,33,34). The second-order valence-electron chi connectivity index (χ2n) is 8.42. The zero-order chi connectivity index (χ0) is 24.1. The van der Waals surface area contributed by atoms with Crippen molar-refractivity contribution in [2.75, 3.05) is 19.0 Å². The quantitative estimate of drug-likeness (QED) is 0.354. The van der Waals surface area contributed by atoms with Crippen LogP contribution in [0.4, 0.5) is 14.5 Å². The summed E-state index contributed by atoms with van der Waals surface area (Å²) in [5, 5.41) is 8.03. The molecule has 35 heavy (non-hydrogen) atoms. The molecule has 4 heterocycles. The van der Waals surface area contributed by atoms with Gasteiger partial charge in [-0.2, -0.15) is 5.10 Å². The Morgan fingerprint density at radius 3 is 2.49 bits per heavy atom. The van der Waals surface area contributed by atoms with E-state index in [-0.39, 0.29) is 11.6 Å². The van der Waals surface area contributed by atoms with Crippen molar-refractivity contribution in [1.29, 1.82) is 0 Å². The fraction of sp³-hybridized carbons (Fsp3) is 0.0769. The molecule has 0 aliphatic carbocycles. The summed E-state index contributed by atoms with van der Waals surface area (Å²) in [7, 11) is 3.82. The lowest BCUT2D eigenvalue weighted by Crippen LogP contribution is -2.08. The molecule has 172 valence electrons. The number of nitrogens with one attached hydrogen (secondary N) is 2. The van der Waals surface area contributed by atoms with Gasteiger partial charge in [0.2, 0.25) is 0 Å². The maximum Gasteiger partial charge on any atom is 0.159 e. The van der Waals surface area contributed by atoms with Gasteiger partial charge in [-0.05, 0) is 42.5 Å². The molecule has 0 fully saturated rings. The van der Waals surface area contributed by atoms with Crippen LogP contribution in [0.5, 0.6) is 0 Å². The zero-order valence-corrected chi connectivity index (χ0v) is 18.8. The van der Waals surface area contributed by atoms with Gasteiger partial charge in [0.15, 0.2) is 5.82 Å². The van der Waals surface area contributed by atoms with Gasteiger partial charge in [0.05, 0.1) is 28.6 Å². The fourth-order valence-corrected chi connectivity index (χ4v) is 4.13. The first-order chi connectivity index (χ1) is 17.0. The van der Waals surface area contributed by atoms with E-state index in [0.717, 1.165) is 16.8 Å². The van der Waals surface area contributed by atoms with Crippen molar-refractivity contribution in [1.82, 2.24) is 30.1 Å². The molecule has 2 N–H and O–H groups in total. The van der Waals surface area contributed by atoms with Gasteiger partial charge in [-0.1, -0.05) is 0 Å². The minimum absolute atomic E-state index is 0.319. The third kappa shape index (κ3) is 3.57. The molecule has 6 rings (SSSR count). The number of fused-ring (bicyclic) bond motifs is 2. The number of imidazole rings is 1. The van der Waals surface area contributed by atoms with E-state index in [9.17, 15) is 4.39 Å². The smallest absolute Gasteiger partial charge is 0.159 e. The molecule has 4 aromatic heterocycles. The number of H-pyrrole nitrogens is 2. The van der Waals surface area contributed by atoms with Crippen molar-refractivity contribution in [3.8, 4) is 33.9 Å². The van der Waals surface area contributed by atoms with Crippen LogP contribution in [0.25, 0.3) is 55.8 Å². The van der Waals surface area contributed by atoms with Gasteiger partial charge in [-0.15, -0.1) is 0 Å². The summed E-state index contributed by atoms with van der Waals surface area (Å²) < 4.78 is 28.5. The number of benzene rings is 2. The monoisotopic (exact) mass is 467 g/mol. The second kappa shape index (κ2) is 7.98. The number of pyridine rings is 2. The lowest BCUT2D eigenvalue weighted by molar-refractivity contribution is 0.628. The maximum absolute atomic E-state index is 15.0. The summed E-state index contributed by atoms with van der Waals surface area (Å²) in [5.74, 6) is -0.181. The fourth-order valence-electron chi connectivity index (χ4n) is 4.13. The molecular formula is C26H19F2N7. The highest BCUT2D eigenvalue weighted by Crippen LogP contribution is 2.34. The third-order valence-corrected chi connectivity index (χ3v) is 5.94. The highest BCUT2D eigenvalue weighted by Gasteiger charge is 2.18. The zero-order valence-electron chi connectivity index (χ0n) is 18.8. The molecule has 0 saturated carbocycles. The van der Waals surface area contributed by atoms with E-state index in [1.807, 2.05) is 31.1 Å². The van der Waals surface area contributed by atoms with E-state index in [1.165, 1.54) is 18.2 Å². The van der Waals surface area contributed by atoms with Crippen LogP contribution in [0.15, 0.2) is 67.1 Å². The summed E-state index contributed by atoms with van der Waals surface area (Å²) in [6.07, 6.45) is 5.03. The topological polar surface area (TPSA) is 86.4 Å². The molecule has 0 amide bonds. The van der Waals surface area contributed by atoms with Crippen molar-refractivity contribution in [3.05, 3.63) is 78.8 Å². The van der Waals surface area contributed by atoms with E-state index in [1.54, 1.807) is 36.8 Å². The van der Waals surface area contributed by atoms with Crippen molar-refractivity contribution in [2.45, 2.75) is 0 Å². The summed E-state index contributed by atoms with van der Waals surface area (Å²) in [6, 6.07) is 13.0. The summed E-state index contributed by atoms with van der Waals surface area (Å²) in [6.45, 7) is 0. The first-order valence-electron chi connectivity index (χ1n) is 10.9. The van der Waals surface area contributed by atoms with Crippen LogP contribution in [-0.2, 0) is 0 Å². The normalized spacial score (nSPS) is 11.4. The number of nitrogens with zero attached hydrogens (tertiary/aromatic N) is 5. The number of halogens is 2. The number of aromatic amines is 2. The van der Waals surface area contributed by atoms with Gasteiger partial charge >= 0.3 is 0 Å². The first kappa shape index (κ1) is 20.9. The summed E-state index contributed by atoms with van der Waals surface area (Å²) in [5.41, 5.74) is 5.83. The lowest BCUT2D eigenvalue weighted by Gasteiger charge is -2.13. The Kier molecular flexibility index (Phi) is 4.77. The average Bonchev–Trinajstić information content (AvgIpc) is 3.47. The largest absolute Gasteiger partial charge is 0.376 e. The second-order valence-corrected chi connectivity index (χ2v) is 8.42. The van der Waals surface area contributed by atoms with E-state index < -0.39 is 0 Å². The van der Waals surface area contributed by atoms with Gasteiger partial charge in [0.1, 0.15) is 22.8 Å². The molecule has 0 bridgehead atoms. The minimum Gasteiger partial charge on any atom is -0.376 e. The van der Waals surface area contributed by atoms with Crippen molar-refractivity contribution in [2.24, 2.45) is 0 Å². The van der Waals surface area contributed by atoms with E-state index in [0.29, 0.717) is 44.8 Å². The Hall–Kier alpha value is -4.66. The molecule has 7 nitrogen and oxygen atoms in total. The molecule has 9 heteroatoms. The Morgan fingerprint density at radius 1 is 0.857 bits per heavy atom. The molecule has 0 radical (unpaired) electrons. The third-order valence-electron chi connectivity index (χ3n) is 5.94. The summed E-state index contributed by atoms with van der Waals surface area (Å²) >= 11 is 0. The Bertz CT molecular complexity index is 1700. The summed E-state index contributed by atoms with van der Waals surface area (Å²) in [4.78, 5) is 18.7. The van der Waals surface area contributed by atoms with E-state index in [4.69, 9.17) is 4.98 Å². The van der Waals surface area contributed by atoms with Crippen LogP contribution >= 0.6 is 0 Å². The van der Waals surface area contributed by atoms with Gasteiger partial charge < -0.3 is 9.88 Å². The molecular weight excluding hydrogens is 448 g/mol. The highest BCUT2D eigenvalue weighted by molar-refractivity contribution is 5.97. The number of hydrogen-bond acceptors (Lipinski definition) is 5. The molecule has 0 aliphatic heterocycles. The van der Waals surface area contributed by atoms with Crippen LogP contribution in [0, 0.1) is 11.6 Å². The number of anilines is 1. The highest BCUT2D eigenvalue weighted by atomic mass is 19.1. The Morgan fingerprint density at radius 2 is 1.69 bits per heavy atom. The predicted molar refractivity (Wildman–Crippen MR) is 132 cm³/mol. The number of aromatic nitrogens is 6. The molecule has 0 saturated heterocycles. The van der Waals surface area contributed by atoms with Crippen molar-refractivity contribution in [3.63, 3.8) is 0 Å². The van der Waals surface area contributed by atoms with E-state index >= 15 is 4.39 Å². The average molecular weight is 467 g/mol. The van der Waals surface area contributed by atoms with Crippen molar-refractivity contribution < 1.29 is 8.78 Å². The SMILES string of the molecule is CN(C)c1cncc(-c2cc3c(-c4nc5c(-c6ccc(F)cc6)nccc5[nH]4)n[nH]c3cc2F)c1. The van der Waals surface area contributed by atoms with Crippen LogP contribution in [0.1, 0.15) is 0 Å². The molecule has 0 spiro atoms. The molecule has 0 aliphatic rings. The molecule has 0 unspecified atom stereocenters. The first-order valence-corrected chi connectivity index (χ1v) is 10.9. The Labute approximate surface area is 198 Å². The van der Waals surface area contributed by atoms with Crippen LogP contribution in [0.3, 0.4) is 0 Å². The van der Waals surface area contributed by atoms with Crippen LogP contribution < -0.4 is 4.90 Å². The van der Waals surface area contributed by atoms with Gasteiger partial charge in [-0.3, -0.25) is 15.1 Å². The molecule has 6 aromatic rings. The lowest BCUT2D eigenvalue weighted by atomic mass is 10.0. The van der Waals surface area contributed by atoms with Gasteiger partial charge in [0, 0.05) is 54.6 Å². The van der Waals surface area contributed by atoms with Crippen molar-refractivity contribution >= 4 is 27.6 Å².